The van der Waals surface area contributed by atoms with Crippen molar-refractivity contribution in [1.29, 1.82) is 0 Å². The van der Waals surface area contributed by atoms with Crippen LogP contribution in [0.15, 0.2) is 35.7 Å². The smallest absolute Gasteiger partial charge is 0.310 e. The Balaban J connectivity index is 2.38. The van der Waals surface area contributed by atoms with Crippen molar-refractivity contribution in [3.8, 4) is 16.2 Å². The molecule has 94 valence electrons. The van der Waals surface area contributed by atoms with Crippen molar-refractivity contribution >= 4 is 17.3 Å². The second-order valence-electron chi connectivity index (χ2n) is 3.99. The largest absolute Gasteiger partial charge is 0.497 e. The van der Waals surface area contributed by atoms with E-state index in [2.05, 4.69) is 0 Å². The van der Waals surface area contributed by atoms with Crippen LogP contribution in [0.25, 0.3) is 10.4 Å². The number of carboxylic acid groups (broad SMARTS) is 1. The summed E-state index contributed by atoms with van der Waals surface area (Å²) in [6.45, 7) is 1.71. The Kier molecular flexibility index (Phi) is 3.67. The van der Waals surface area contributed by atoms with E-state index in [9.17, 15) is 4.79 Å². The number of rotatable bonds is 4. The van der Waals surface area contributed by atoms with Crippen LogP contribution in [0.1, 0.15) is 18.4 Å². The van der Waals surface area contributed by atoms with E-state index < -0.39 is 11.9 Å². The number of hydrogen-bond donors (Lipinski definition) is 1. The predicted molar refractivity (Wildman–Crippen MR) is 72.4 cm³/mol. The van der Waals surface area contributed by atoms with Gasteiger partial charge in [-0.25, -0.2) is 0 Å². The zero-order valence-corrected chi connectivity index (χ0v) is 11.0. The van der Waals surface area contributed by atoms with E-state index in [-0.39, 0.29) is 0 Å². The summed E-state index contributed by atoms with van der Waals surface area (Å²) >= 11 is 1.56. The van der Waals surface area contributed by atoms with Gasteiger partial charge in [0.2, 0.25) is 0 Å². The van der Waals surface area contributed by atoms with Crippen molar-refractivity contribution in [2.45, 2.75) is 12.8 Å². The van der Waals surface area contributed by atoms with Gasteiger partial charge in [0.25, 0.3) is 0 Å². The molecule has 0 spiro atoms. The summed E-state index contributed by atoms with van der Waals surface area (Å²) in [5.41, 5.74) is 1.88. The number of hydrogen-bond acceptors (Lipinski definition) is 3. The lowest BCUT2D eigenvalue weighted by Gasteiger charge is -2.08. The number of ether oxygens (including phenoxy) is 1. The quantitative estimate of drug-likeness (QED) is 0.915. The van der Waals surface area contributed by atoms with Gasteiger partial charge < -0.3 is 9.84 Å². The lowest BCUT2D eigenvalue weighted by molar-refractivity contribution is -0.138. The topological polar surface area (TPSA) is 46.5 Å². The standard InChI is InChI=1S/C14H14O3S/c1-9(14(15)16)12-7-8-18-13(12)10-3-5-11(17-2)6-4-10/h3-9H,1-2H3,(H,15,16)/t9-/m1/s1. The van der Waals surface area contributed by atoms with Gasteiger partial charge in [0, 0.05) is 4.88 Å². The first kappa shape index (κ1) is 12.6. The van der Waals surface area contributed by atoms with E-state index in [4.69, 9.17) is 9.84 Å². The molecule has 0 aliphatic rings. The molecule has 2 aromatic rings. The number of aliphatic carboxylic acids is 1. The zero-order valence-electron chi connectivity index (χ0n) is 10.2. The first-order valence-corrected chi connectivity index (χ1v) is 6.46. The molecule has 1 atom stereocenters. The summed E-state index contributed by atoms with van der Waals surface area (Å²) in [5.74, 6) is -0.500. The van der Waals surface area contributed by atoms with E-state index in [0.29, 0.717) is 0 Å². The van der Waals surface area contributed by atoms with Gasteiger partial charge >= 0.3 is 5.97 Å². The van der Waals surface area contributed by atoms with Crippen LogP contribution >= 0.6 is 11.3 Å². The van der Waals surface area contributed by atoms with Gasteiger partial charge in [-0.15, -0.1) is 11.3 Å². The Hall–Kier alpha value is -1.81. The normalized spacial score (nSPS) is 12.1. The van der Waals surface area contributed by atoms with Crippen LogP contribution in [0.4, 0.5) is 0 Å². The Morgan fingerprint density at radius 3 is 2.50 bits per heavy atom. The molecular weight excluding hydrogens is 248 g/mol. The molecule has 0 bridgehead atoms. The maximum Gasteiger partial charge on any atom is 0.310 e. The summed E-state index contributed by atoms with van der Waals surface area (Å²) < 4.78 is 5.11. The molecule has 1 N–H and O–H groups in total. The molecule has 0 saturated heterocycles. The van der Waals surface area contributed by atoms with Gasteiger partial charge in [-0.1, -0.05) is 0 Å². The average Bonchev–Trinajstić information content (AvgIpc) is 2.87. The number of methoxy groups -OCH3 is 1. The van der Waals surface area contributed by atoms with Crippen molar-refractivity contribution in [2.24, 2.45) is 0 Å². The highest BCUT2D eigenvalue weighted by Gasteiger charge is 2.19. The minimum Gasteiger partial charge on any atom is -0.497 e. The molecule has 1 heterocycles. The van der Waals surface area contributed by atoms with Crippen LogP contribution < -0.4 is 4.74 Å². The van der Waals surface area contributed by atoms with Gasteiger partial charge in [0.05, 0.1) is 13.0 Å². The van der Waals surface area contributed by atoms with Crippen LogP contribution in [0.5, 0.6) is 5.75 Å². The number of carboxylic acids is 1. The van der Waals surface area contributed by atoms with Crippen molar-refractivity contribution in [1.82, 2.24) is 0 Å². The van der Waals surface area contributed by atoms with E-state index >= 15 is 0 Å². The van der Waals surface area contributed by atoms with Gasteiger partial charge in [-0.05, 0) is 53.8 Å². The van der Waals surface area contributed by atoms with Gasteiger partial charge in [-0.2, -0.15) is 0 Å². The molecular formula is C14H14O3S. The first-order valence-electron chi connectivity index (χ1n) is 5.58. The molecule has 0 unspecified atom stereocenters. The second kappa shape index (κ2) is 5.23. The van der Waals surface area contributed by atoms with Crippen molar-refractivity contribution in [2.75, 3.05) is 7.11 Å². The van der Waals surface area contributed by atoms with E-state index in [0.717, 1.165) is 21.8 Å². The summed E-state index contributed by atoms with van der Waals surface area (Å²) in [6, 6.07) is 9.53. The lowest BCUT2D eigenvalue weighted by atomic mass is 9.99. The van der Waals surface area contributed by atoms with E-state index in [1.165, 1.54) is 0 Å². The van der Waals surface area contributed by atoms with Crippen LogP contribution in [0, 0.1) is 0 Å². The Labute approximate surface area is 110 Å². The third-order valence-corrected chi connectivity index (χ3v) is 3.86. The molecule has 0 radical (unpaired) electrons. The van der Waals surface area contributed by atoms with Crippen LogP contribution in [-0.4, -0.2) is 18.2 Å². The average molecular weight is 262 g/mol. The van der Waals surface area contributed by atoms with Crippen LogP contribution in [0.3, 0.4) is 0 Å². The van der Waals surface area contributed by atoms with Crippen molar-refractivity contribution < 1.29 is 14.6 Å². The highest BCUT2D eigenvalue weighted by molar-refractivity contribution is 7.13. The van der Waals surface area contributed by atoms with Crippen LogP contribution in [-0.2, 0) is 4.79 Å². The summed E-state index contributed by atoms with van der Waals surface area (Å²) in [6.07, 6.45) is 0. The second-order valence-corrected chi connectivity index (χ2v) is 4.91. The zero-order chi connectivity index (χ0) is 13.1. The van der Waals surface area contributed by atoms with E-state index in [1.807, 2.05) is 35.7 Å². The third-order valence-electron chi connectivity index (χ3n) is 2.88. The minimum absolute atomic E-state index is 0.492. The number of thiophene rings is 1. The lowest BCUT2D eigenvalue weighted by Crippen LogP contribution is -2.07. The molecule has 1 aromatic heterocycles. The Bertz CT molecular complexity index is 542. The molecule has 0 aliphatic heterocycles. The molecule has 2 rings (SSSR count). The maximum atomic E-state index is 11.1. The number of carbonyl (C=O) groups is 1. The molecule has 1 aromatic carbocycles. The molecule has 3 nitrogen and oxygen atoms in total. The monoisotopic (exact) mass is 262 g/mol. The SMILES string of the molecule is COc1ccc(-c2sccc2[C@@H](C)C(=O)O)cc1. The molecule has 18 heavy (non-hydrogen) atoms. The molecule has 0 saturated carbocycles. The fourth-order valence-electron chi connectivity index (χ4n) is 1.77. The fourth-order valence-corrected chi connectivity index (χ4v) is 2.77. The van der Waals surface area contributed by atoms with Gasteiger partial charge in [-0.3, -0.25) is 4.79 Å². The summed E-state index contributed by atoms with van der Waals surface area (Å²) in [7, 11) is 1.62. The summed E-state index contributed by atoms with van der Waals surface area (Å²) in [4.78, 5) is 12.1. The molecule has 0 fully saturated rings. The molecule has 0 amide bonds. The fraction of sp³-hybridized carbons (Fsp3) is 0.214. The maximum absolute atomic E-state index is 11.1. The highest BCUT2D eigenvalue weighted by Crippen LogP contribution is 2.35. The number of benzene rings is 1. The predicted octanol–water partition coefficient (Wildman–Crippen LogP) is 3.61. The Morgan fingerprint density at radius 1 is 1.28 bits per heavy atom. The Morgan fingerprint density at radius 2 is 1.94 bits per heavy atom. The van der Waals surface area contributed by atoms with Crippen molar-refractivity contribution in [3.05, 3.63) is 41.3 Å². The summed E-state index contributed by atoms with van der Waals surface area (Å²) in [5, 5.41) is 11.0. The van der Waals surface area contributed by atoms with E-state index in [1.54, 1.807) is 25.4 Å². The molecule has 4 heteroatoms. The first-order chi connectivity index (χ1) is 8.63. The van der Waals surface area contributed by atoms with Crippen molar-refractivity contribution in [3.63, 3.8) is 0 Å². The highest BCUT2D eigenvalue weighted by atomic mass is 32.1. The third kappa shape index (κ3) is 2.38. The van der Waals surface area contributed by atoms with Gasteiger partial charge in [0.1, 0.15) is 5.75 Å². The minimum atomic E-state index is -0.803. The van der Waals surface area contributed by atoms with Gasteiger partial charge in [0.15, 0.2) is 0 Å². The van der Waals surface area contributed by atoms with Crippen LogP contribution in [0.2, 0.25) is 0 Å². The molecule has 0 aliphatic carbocycles.